The van der Waals surface area contributed by atoms with Crippen LogP contribution in [-0.2, 0) is 19.1 Å². The van der Waals surface area contributed by atoms with Gasteiger partial charge >= 0.3 is 11.9 Å². The fourth-order valence-electron chi connectivity index (χ4n) is 1.97. The molecule has 0 aromatic carbocycles. The third kappa shape index (κ3) is 10.6. The van der Waals surface area contributed by atoms with Crippen molar-refractivity contribution in [3.63, 3.8) is 0 Å². The maximum atomic E-state index is 11.7. The molecule has 0 saturated heterocycles. The number of nitrogens with one attached hydrogen (secondary N) is 2. The molecule has 0 heterocycles. The van der Waals surface area contributed by atoms with Gasteiger partial charge in [0.2, 0.25) is 0 Å². The van der Waals surface area contributed by atoms with Gasteiger partial charge in [-0.15, -0.1) is 0 Å². The Hall–Kier alpha value is -1.14. The second-order valence-electron chi connectivity index (χ2n) is 5.10. The zero-order chi connectivity index (χ0) is 16.8. The Bertz CT molecular complexity index is 281. The molecule has 0 fully saturated rings. The van der Waals surface area contributed by atoms with Gasteiger partial charge in [-0.1, -0.05) is 27.7 Å². The monoisotopic (exact) mass is 316 g/mol. The predicted octanol–water partition coefficient (Wildman–Crippen LogP) is 2.32. The molecule has 0 aromatic rings. The Kier molecular flexibility index (Phi) is 12.8. The smallest absolute Gasteiger partial charge is 0.307 e. The van der Waals surface area contributed by atoms with Crippen LogP contribution in [0.1, 0.15) is 66.2 Å². The minimum Gasteiger partial charge on any atom is -0.447 e. The summed E-state index contributed by atoms with van der Waals surface area (Å²) in [6, 6.07) is 0. The van der Waals surface area contributed by atoms with E-state index in [4.69, 9.17) is 9.47 Å². The van der Waals surface area contributed by atoms with Crippen LogP contribution in [0.3, 0.4) is 0 Å². The second-order valence-corrected chi connectivity index (χ2v) is 5.10. The molecule has 6 nitrogen and oxygen atoms in total. The molecule has 2 unspecified atom stereocenters. The summed E-state index contributed by atoms with van der Waals surface area (Å²) in [6.45, 7) is 9.40. The van der Waals surface area contributed by atoms with Gasteiger partial charge in [0.25, 0.3) is 0 Å². The minimum atomic E-state index is -0.222. The van der Waals surface area contributed by atoms with E-state index < -0.39 is 0 Å². The number of esters is 2. The molecule has 0 aliphatic heterocycles. The number of hydrogen-bond donors (Lipinski definition) is 2. The average molecular weight is 316 g/mol. The van der Waals surface area contributed by atoms with E-state index in [-0.39, 0.29) is 24.4 Å². The highest BCUT2D eigenvalue weighted by atomic mass is 16.6. The lowest BCUT2D eigenvalue weighted by atomic mass is 10.2. The molecular weight excluding hydrogens is 284 g/mol. The normalized spacial score (nSPS) is 13.5. The SMILES string of the molecule is CCNC(CC)OC(=O)CCCCC(=O)OC(CC)NCC. The lowest BCUT2D eigenvalue weighted by Crippen LogP contribution is -2.33. The molecule has 22 heavy (non-hydrogen) atoms. The summed E-state index contributed by atoms with van der Waals surface area (Å²) < 4.78 is 10.6. The Morgan fingerprint density at radius 1 is 0.773 bits per heavy atom. The molecule has 2 N–H and O–H groups in total. The standard InChI is InChI=1S/C16H32N2O4/c1-5-13(17-7-3)21-15(19)11-9-10-12-16(20)22-14(6-2)18-8-4/h13-14,17-18H,5-12H2,1-4H3. The van der Waals surface area contributed by atoms with Crippen molar-refractivity contribution in [2.24, 2.45) is 0 Å². The summed E-state index contributed by atoms with van der Waals surface area (Å²) >= 11 is 0. The zero-order valence-corrected chi connectivity index (χ0v) is 14.4. The van der Waals surface area contributed by atoms with Crippen molar-refractivity contribution >= 4 is 11.9 Å². The maximum Gasteiger partial charge on any atom is 0.307 e. The van der Waals surface area contributed by atoms with Crippen LogP contribution in [0, 0.1) is 0 Å². The van der Waals surface area contributed by atoms with E-state index in [0.717, 1.165) is 25.9 Å². The summed E-state index contributed by atoms with van der Waals surface area (Å²) in [5, 5.41) is 6.18. The summed E-state index contributed by atoms with van der Waals surface area (Å²) in [5.41, 5.74) is 0. The van der Waals surface area contributed by atoms with E-state index in [0.29, 0.717) is 25.7 Å². The first kappa shape index (κ1) is 20.9. The van der Waals surface area contributed by atoms with E-state index in [1.165, 1.54) is 0 Å². The molecule has 6 heteroatoms. The summed E-state index contributed by atoms with van der Waals surface area (Å²) in [7, 11) is 0. The van der Waals surface area contributed by atoms with Crippen LogP contribution in [0.4, 0.5) is 0 Å². The van der Waals surface area contributed by atoms with Gasteiger partial charge in [0, 0.05) is 12.8 Å². The maximum absolute atomic E-state index is 11.7. The van der Waals surface area contributed by atoms with Gasteiger partial charge in [0.05, 0.1) is 0 Å². The van der Waals surface area contributed by atoms with Gasteiger partial charge < -0.3 is 9.47 Å². The molecule has 0 spiro atoms. The van der Waals surface area contributed by atoms with Gasteiger partial charge in [-0.05, 0) is 38.8 Å². The van der Waals surface area contributed by atoms with E-state index in [9.17, 15) is 9.59 Å². The fraction of sp³-hybridized carbons (Fsp3) is 0.875. The number of hydrogen-bond acceptors (Lipinski definition) is 6. The lowest BCUT2D eigenvalue weighted by molar-refractivity contribution is -0.153. The van der Waals surface area contributed by atoms with Gasteiger partial charge in [-0.3, -0.25) is 20.2 Å². The number of ether oxygens (including phenoxy) is 2. The molecule has 0 radical (unpaired) electrons. The van der Waals surface area contributed by atoms with Crippen molar-refractivity contribution in [3.05, 3.63) is 0 Å². The molecule has 0 aliphatic carbocycles. The summed E-state index contributed by atoms with van der Waals surface area (Å²) in [5.74, 6) is -0.444. The number of rotatable bonds is 13. The Morgan fingerprint density at radius 2 is 1.14 bits per heavy atom. The Labute approximate surface area is 134 Å². The quantitative estimate of drug-likeness (QED) is 0.308. The highest BCUT2D eigenvalue weighted by Crippen LogP contribution is 2.06. The molecule has 0 saturated carbocycles. The van der Waals surface area contributed by atoms with Crippen molar-refractivity contribution in [1.82, 2.24) is 10.6 Å². The van der Waals surface area contributed by atoms with Crippen LogP contribution in [0.2, 0.25) is 0 Å². The summed E-state index contributed by atoms with van der Waals surface area (Å²) in [4.78, 5) is 23.3. The van der Waals surface area contributed by atoms with Crippen molar-refractivity contribution in [1.29, 1.82) is 0 Å². The zero-order valence-electron chi connectivity index (χ0n) is 14.4. The van der Waals surface area contributed by atoms with Crippen LogP contribution in [0.25, 0.3) is 0 Å². The second kappa shape index (κ2) is 13.5. The Morgan fingerprint density at radius 3 is 1.41 bits per heavy atom. The first-order chi connectivity index (χ1) is 10.6. The van der Waals surface area contributed by atoms with Crippen LogP contribution < -0.4 is 10.6 Å². The number of unbranched alkanes of at least 4 members (excludes halogenated alkanes) is 1. The first-order valence-corrected chi connectivity index (χ1v) is 8.42. The molecule has 2 atom stereocenters. The molecule has 0 bridgehead atoms. The molecule has 130 valence electrons. The van der Waals surface area contributed by atoms with Crippen molar-refractivity contribution in [3.8, 4) is 0 Å². The van der Waals surface area contributed by atoms with E-state index in [1.807, 2.05) is 27.7 Å². The third-order valence-corrected chi connectivity index (χ3v) is 3.16. The predicted molar refractivity (Wildman–Crippen MR) is 86.2 cm³/mol. The van der Waals surface area contributed by atoms with Crippen LogP contribution in [-0.4, -0.2) is 37.5 Å². The molecule has 0 amide bonds. The molecule has 0 aromatic heterocycles. The van der Waals surface area contributed by atoms with Gasteiger partial charge in [0.1, 0.15) is 0 Å². The minimum absolute atomic E-state index is 0.215. The van der Waals surface area contributed by atoms with E-state index in [1.54, 1.807) is 0 Å². The molecular formula is C16H32N2O4. The number of carbonyl (C=O) groups is 2. The topological polar surface area (TPSA) is 76.7 Å². The lowest BCUT2D eigenvalue weighted by Gasteiger charge is -2.17. The van der Waals surface area contributed by atoms with Gasteiger partial charge in [-0.25, -0.2) is 0 Å². The van der Waals surface area contributed by atoms with Crippen LogP contribution in [0.5, 0.6) is 0 Å². The van der Waals surface area contributed by atoms with Crippen molar-refractivity contribution in [2.75, 3.05) is 13.1 Å². The van der Waals surface area contributed by atoms with Gasteiger partial charge in [0.15, 0.2) is 12.5 Å². The van der Waals surface area contributed by atoms with Crippen molar-refractivity contribution < 1.29 is 19.1 Å². The molecule has 0 aliphatic rings. The fourth-order valence-corrected chi connectivity index (χ4v) is 1.97. The van der Waals surface area contributed by atoms with E-state index in [2.05, 4.69) is 10.6 Å². The van der Waals surface area contributed by atoms with Crippen LogP contribution in [0.15, 0.2) is 0 Å². The van der Waals surface area contributed by atoms with Crippen LogP contribution >= 0.6 is 0 Å². The largest absolute Gasteiger partial charge is 0.447 e. The highest BCUT2D eigenvalue weighted by Gasteiger charge is 2.13. The van der Waals surface area contributed by atoms with Crippen molar-refractivity contribution in [2.45, 2.75) is 78.7 Å². The van der Waals surface area contributed by atoms with E-state index >= 15 is 0 Å². The molecule has 0 rings (SSSR count). The first-order valence-electron chi connectivity index (χ1n) is 8.42. The van der Waals surface area contributed by atoms with Gasteiger partial charge in [-0.2, -0.15) is 0 Å². The summed E-state index contributed by atoms with van der Waals surface area (Å²) in [6.07, 6.45) is 2.99. The number of carbonyl (C=O) groups excluding carboxylic acids is 2. The third-order valence-electron chi connectivity index (χ3n) is 3.16. The highest BCUT2D eigenvalue weighted by molar-refractivity contribution is 5.70. The Balaban J connectivity index is 3.78. The average Bonchev–Trinajstić information content (AvgIpc) is 2.50.